The number of hydrogen-bond donors (Lipinski definition) is 0. The van der Waals surface area contributed by atoms with E-state index in [-0.39, 0.29) is 0 Å². The number of imidazole rings is 1. The second kappa shape index (κ2) is 5.55. The third-order valence-electron chi connectivity index (χ3n) is 2.98. The first-order valence-electron chi connectivity index (χ1n) is 6.66. The first-order chi connectivity index (χ1) is 9.83. The number of carbonyl (C=O) groups excluding carboxylic acids is 2. The number of ether oxygens (including phenoxy) is 1. The maximum atomic E-state index is 12.1. The van der Waals surface area contributed by atoms with Crippen molar-refractivity contribution in [2.75, 3.05) is 7.05 Å². The lowest BCUT2D eigenvalue weighted by molar-refractivity contribution is -0.112. The fraction of sp³-hybridized carbons (Fsp3) is 0.400. The summed E-state index contributed by atoms with van der Waals surface area (Å²) >= 11 is 0. The van der Waals surface area contributed by atoms with Crippen LogP contribution in [0.1, 0.15) is 32.5 Å². The van der Waals surface area contributed by atoms with Gasteiger partial charge in [-0.15, -0.1) is 0 Å². The van der Waals surface area contributed by atoms with E-state index in [2.05, 4.69) is 4.98 Å². The van der Waals surface area contributed by atoms with E-state index >= 15 is 0 Å². The van der Waals surface area contributed by atoms with Crippen LogP contribution in [-0.2, 0) is 9.53 Å². The van der Waals surface area contributed by atoms with Gasteiger partial charge in [0.1, 0.15) is 23.6 Å². The molecule has 1 amide bonds. The van der Waals surface area contributed by atoms with Gasteiger partial charge in [0, 0.05) is 13.2 Å². The highest BCUT2D eigenvalue weighted by Crippen LogP contribution is 2.21. The molecule has 0 radical (unpaired) electrons. The predicted molar refractivity (Wildman–Crippen MR) is 78.0 cm³/mol. The molecule has 21 heavy (non-hydrogen) atoms. The van der Waals surface area contributed by atoms with Gasteiger partial charge in [-0.2, -0.15) is 0 Å². The molecule has 2 aromatic heterocycles. The van der Waals surface area contributed by atoms with Crippen LogP contribution in [0.3, 0.4) is 0 Å². The molecule has 0 spiro atoms. The molecule has 6 nitrogen and oxygen atoms in total. The van der Waals surface area contributed by atoms with Crippen molar-refractivity contribution in [3.8, 4) is 0 Å². The van der Waals surface area contributed by atoms with Crippen LogP contribution in [-0.4, -0.2) is 39.3 Å². The van der Waals surface area contributed by atoms with Crippen LogP contribution in [0.15, 0.2) is 30.6 Å². The average Bonchev–Trinajstić information content (AvgIpc) is 2.82. The van der Waals surface area contributed by atoms with Gasteiger partial charge in [-0.25, -0.2) is 9.78 Å². The van der Waals surface area contributed by atoms with Crippen LogP contribution in [0, 0.1) is 0 Å². The molecule has 0 aromatic carbocycles. The van der Waals surface area contributed by atoms with Crippen LogP contribution in [0.25, 0.3) is 5.65 Å². The summed E-state index contributed by atoms with van der Waals surface area (Å²) in [6.45, 7) is 5.34. The fourth-order valence-electron chi connectivity index (χ4n) is 1.98. The molecule has 0 aliphatic heterocycles. The van der Waals surface area contributed by atoms with E-state index in [0.717, 1.165) is 5.65 Å². The van der Waals surface area contributed by atoms with Crippen molar-refractivity contribution in [2.24, 2.45) is 0 Å². The maximum absolute atomic E-state index is 12.1. The number of aromatic nitrogens is 2. The second-order valence-corrected chi connectivity index (χ2v) is 5.78. The minimum absolute atomic E-state index is 0.550. The van der Waals surface area contributed by atoms with Crippen LogP contribution >= 0.6 is 0 Å². The quantitative estimate of drug-likeness (QED) is 0.814. The Morgan fingerprint density at radius 1 is 1.43 bits per heavy atom. The van der Waals surface area contributed by atoms with Crippen LogP contribution < -0.4 is 0 Å². The Bertz CT molecular complexity index is 657. The van der Waals surface area contributed by atoms with Gasteiger partial charge in [0.2, 0.25) is 0 Å². The van der Waals surface area contributed by atoms with Gasteiger partial charge >= 0.3 is 6.09 Å². The van der Waals surface area contributed by atoms with E-state index in [4.69, 9.17) is 4.74 Å². The lowest BCUT2D eigenvalue weighted by Crippen LogP contribution is -2.37. The van der Waals surface area contributed by atoms with Gasteiger partial charge in [0.25, 0.3) is 0 Å². The molecular formula is C15H19N3O3. The lowest BCUT2D eigenvalue weighted by Gasteiger charge is -2.27. The largest absolute Gasteiger partial charge is 0.444 e. The number of carbonyl (C=O) groups is 2. The monoisotopic (exact) mass is 289 g/mol. The van der Waals surface area contributed by atoms with Gasteiger partial charge in [-0.05, 0) is 32.9 Å². The van der Waals surface area contributed by atoms with Crippen LogP contribution in [0.5, 0.6) is 0 Å². The Labute approximate surface area is 123 Å². The molecule has 2 rings (SSSR count). The second-order valence-electron chi connectivity index (χ2n) is 5.78. The molecule has 0 bridgehead atoms. The molecule has 2 aromatic rings. The Kier molecular flexibility index (Phi) is 3.97. The average molecular weight is 289 g/mol. The zero-order chi connectivity index (χ0) is 15.6. The molecule has 0 saturated heterocycles. The summed E-state index contributed by atoms with van der Waals surface area (Å²) in [5.41, 5.74) is 0.726. The van der Waals surface area contributed by atoms with E-state index in [1.54, 1.807) is 37.6 Å². The minimum atomic E-state index is -0.753. The Morgan fingerprint density at radius 2 is 2.14 bits per heavy atom. The molecule has 112 valence electrons. The standard InChI is InChI=1S/C15H19N3O3/c1-15(2,3)21-14(20)17(4)12(10-19)11-9-16-13-7-5-6-8-18(11)13/h5-10,12H,1-4H3. The number of fused-ring (bicyclic) bond motifs is 1. The summed E-state index contributed by atoms with van der Waals surface area (Å²) in [6, 6.07) is 4.78. The van der Waals surface area contributed by atoms with E-state index in [9.17, 15) is 9.59 Å². The molecule has 2 heterocycles. The summed E-state index contributed by atoms with van der Waals surface area (Å²) in [4.78, 5) is 29.1. The van der Waals surface area contributed by atoms with Crippen molar-refractivity contribution in [1.29, 1.82) is 0 Å². The zero-order valence-corrected chi connectivity index (χ0v) is 12.6. The Balaban J connectivity index is 2.31. The first kappa shape index (κ1) is 15.0. The summed E-state index contributed by atoms with van der Waals surface area (Å²) in [5.74, 6) is 0. The number of rotatable bonds is 3. The number of hydrogen-bond acceptors (Lipinski definition) is 4. The number of pyridine rings is 1. The molecule has 0 aliphatic rings. The molecule has 0 aliphatic carbocycles. The van der Waals surface area contributed by atoms with E-state index < -0.39 is 17.7 Å². The summed E-state index contributed by atoms with van der Waals surface area (Å²) in [7, 11) is 1.54. The highest BCUT2D eigenvalue weighted by Gasteiger charge is 2.28. The molecular weight excluding hydrogens is 270 g/mol. The van der Waals surface area contributed by atoms with Crippen molar-refractivity contribution in [3.05, 3.63) is 36.3 Å². The maximum Gasteiger partial charge on any atom is 0.410 e. The van der Waals surface area contributed by atoms with Gasteiger partial charge in [0.05, 0.1) is 11.9 Å². The van der Waals surface area contributed by atoms with E-state index in [1.165, 1.54) is 11.9 Å². The van der Waals surface area contributed by atoms with Crippen molar-refractivity contribution < 1.29 is 14.3 Å². The first-order valence-corrected chi connectivity index (χ1v) is 6.66. The number of nitrogens with zero attached hydrogens (tertiary/aromatic N) is 3. The smallest absolute Gasteiger partial charge is 0.410 e. The Hall–Kier alpha value is -2.37. The third kappa shape index (κ3) is 3.21. The normalized spacial score (nSPS) is 13.0. The number of likely N-dealkylation sites (N-methyl/N-ethyl adjacent to an activating group) is 1. The van der Waals surface area contributed by atoms with Crippen molar-refractivity contribution in [3.63, 3.8) is 0 Å². The molecule has 0 N–H and O–H groups in total. The summed E-state index contributed by atoms with van der Waals surface area (Å²) in [6.07, 6.45) is 3.55. The van der Waals surface area contributed by atoms with Gasteiger partial charge in [0.15, 0.2) is 0 Å². The van der Waals surface area contributed by atoms with Crippen molar-refractivity contribution >= 4 is 18.0 Å². The fourth-order valence-corrected chi connectivity index (χ4v) is 1.98. The summed E-state index contributed by atoms with van der Waals surface area (Å²) < 4.78 is 7.07. The van der Waals surface area contributed by atoms with E-state index in [1.807, 2.05) is 18.2 Å². The topological polar surface area (TPSA) is 63.9 Å². The molecule has 1 unspecified atom stereocenters. The molecule has 0 fully saturated rings. The molecule has 1 atom stereocenters. The molecule has 0 saturated carbocycles. The summed E-state index contributed by atoms with van der Waals surface area (Å²) in [5, 5.41) is 0. The number of amides is 1. The lowest BCUT2D eigenvalue weighted by atomic mass is 10.2. The van der Waals surface area contributed by atoms with Crippen LogP contribution in [0.2, 0.25) is 0 Å². The zero-order valence-electron chi connectivity index (χ0n) is 12.6. The SMILES string of the molecule is CN(C(=O)OC(C)(C)C)C(C=O)c1cnc2ccccn12. The van der Waals surface area contributed by atoms with Crippen molar-refractivity contribution in [2.45, 2.75) is 32.4 Å². The number of aldehydes is 1. The van der Waals surface area contributed by atoms with Gasteiger partial charge < -0.3 is 13.9 Å². The Morgan fingerprint density at radius 3 is 2.76 bits per heavy atom. The van der Waals surface area contributed by atoms with Crippen LogP contribution in [0.4, 0.5) is 4.79 Å². The van der Waals surface area contributed by atoms with Crippen molar-refractivity contribution in [1.82, 2.24) is 14.3 Å². The van der Waals surface area contributed by atoms with Gasteiger partial charge in [-0.3, -0.25) is 4.90 Å². The molecule has 6 heteroatoms. The van der Waals surface area contributed by atoms with E-state index in [0.29, 0.717) is 12.0 Å². The minimum Gasteiger partial charge on any atom is -0.444 e. The highest BCUT2D eigenvalue weighted by molar-refractivity contribution is 5.74. The highest BCUT2D eigenvalue weighted by atomic mass is 16.6. The third-order valence-corrected chi connectivity index (χ3v) is 2.98. The predicted octanol–water partition coefficient (Wildman–Crippen LogP) is 2.44. The van der Waals surface area contributed by atoms with Gasteiger partial charge in [-0.1, -0.05) is 6.07 Å².